The molecule has 0 aliphatic carbocycles. The van der Waals surface area contributed by atoms with Gasteiger partial charge in [-0.1, -0.05) is 77.9 Å². The monoisotopic (exact) mass is 776 g/mol. The minimum Gasteiger partial charge on any atom is -0.512 e. The van der Waals surface area contributed by atoms with Crippen molar-refractivity contribution in [3.8, 4) is 11.3 Å². The summed E-state index contributed by atoms with van der Waals surface area (Å²) in [7, 11) is 0. The second kappa shape index (κ2) is 14.6. The summed E-state index contributed by atoms with van der Waals surface area (Å²) in [4.78, 5) is 21.6. The quantitative estimate of drug-likeness (QED) is 0.0550. The van der Waals surface area contributed by atoms with E-state index in [-0.39, 0.29) is 43.5 Å². The van der Waals surface area contributed by atoms with Crippen molar-refractivity contribution in [2.75, 3.05) is 0 Å². The van der Waals surface area contributed by atoms with Crippen molar-refractivity contribution >= 4 is 49.0 Å². The van der Waals surface area contributed by atoms with Crippen molar-refractivity contribution < 1.29 is 30.0 Å². The molecule has 0 aliphatic heterocycles. The Morgan fingerprint density at radius 1 is 0.822 bits per heavy atom. The van der Waals surface area contributed by atoms with Crippen LogP contribution in [0.15, 0.2) is 72.6 Å². The van der Waals surface area contributed by atoms with Crippen molar-refractivity contribution in [3.63, 3.8) is 0 Å². The van der Waals surface area contributed by atoms with E-state index in [4.69, 9.17) is 9.97 Å². The summed E-state index contributed by atoms with van der Waals surface area (Å²) < 4.78 is 0. The van der Waals surface area contributed by atoms with Crippen LogP contribution in [0.2, 0.25) is 0 Å². The van der Waals surface area contributed by atoms with Crippen LogP contribution in [0, 0.1) is 38.7 Å². The molecular formula is C40H43IrN2O2-. The van der Waals surface area contributed by atoms with Crippen LogP contribution in [0.1, 0.15) is 70.2 Å². The Balaban J connectivity index is 0.000000249. The molecule has 1 radical (unpaired) electrons. The Labute approximate surface area is 280 Å². The van der Waals surface area contributed by atoms with Crippen molar-refractivity contribution in [1.29, 1.82) is 0 Å². The number of benzene rings is 4. The number of aliphatic hydroxyl groups excluding tert-OH is 1. The van der Waals surface area contributed by atoms with E-state index in [0.717, 1.165) is 53.7 Å². The van der Waals surface area contributed by atoms with Crippen LogP contribution in [0.4, 0.5) is 0 Å². The molecule has 1 N–H and O–H groups in total. The normalized spacial score (nSPS) is 11.9. The molecule has 0 aliphatic rings. The van der Waals surface area contributed by atoms with Crippen molar-refractivity contribution in [3.05, 3.63) is 95.5 Å². The van der Waals surface area contributed by atoms with E-state index in [1.807, 2.05) is 33.9 Å². The minimum atomic E-state index is 0. The molecule has 4 nitrogen and oxygen atoms in total. The molecule has 45 heavy (non-hydrogen) atoms. The molecule has 235 valence electrons. The SMILES string of the molecule is CCC(CC)C(=O)/C=C(\O)C(CC)CC.Cc1[c-]c(-c2ncc3c4cccc5cccc(c6cc(C)nc2c36)c54)cc(C)c1.[Ir]. The predicted molar refractivity (Wildman–Crippen MR) is 186 cm³/mol. The molecule has 0 fully saturated rings. The van der Waals surface area contributed by atoms with Gasteiger partial charge in [0.15, 0.2) is 5.78 Å². The van der Waals surface area contributed by atoms with E-state index >= 15 is 0 Å². The van der Waals surface area contributed by atoms with Crippen molar-refractivity contribution in [2.24, 2.45) is 11.8 Å². The maximum atomic E-state index is 11.7. The van der Waals surface area contributed by atoms with Gasteiger partial charge in [-0.3, -0.25) is 9.78 Å². The number of hydrogen-bond donors (Lipinski definition) is 1. The van der Waals surface area contributed by atoms with Gasteiger partial charge in [0.2, 0.25) is 0 Å². The third kappa shape index (κ3) is 6.81. The molecule has 0 bridgehead atoms. The molecular weight excluding hydrogens is 733 g/mol. The number of allylic oxidation sites excluding steroid dienone is 2. The minimum absolute atomic E-state index is 0. The van der Waals surface area contributed by atoms with E-state index in [2.05, 4.69) is 81.4 Å². The first kappa shape index (κ1) is 34.2. The Morgan fingerprint density at radius 2 is 1.44 bits per heavy atom. The van der Waals surface area contributed by atoms with Gasteiger partial charge in [-0.2, -0.15) is 0 Å². The Morgan fingerprint density at radius 3 is 2.04 bits per heavy atom. The summed E-state index contributed by atoms with van der Waals surface area (Å²) >= 11 is 0. The molecule has 0 spiro atoms. The van der Waals surface area contributed by atoms with Crippen LogP contribution in [0.25, 0.3) is 54.5 Å². The fourth-order valence-electron chi connectivity index (χ4n) is 6.58. The van der Waals surface area contributed by atoms with Crippen LogP contribution < -0.4 is 0 Å². The second-order valence-electron chi connectivity index (χ2n) is 12.0. The Hall–Kier alpha value is -3.66. The van der Waals surface area contributed by atoms with E-state index < -0.39 is 0 Å². The molecule has 0 saturated carbocycles. The van der Waals surface area contributed by atoms with Crippen LogP contribution in [-0.4, -0.2) is 20.9 Å². The molecule has 0 amide bonds. The van der Waals surface area contributed by atoms with Gasteiger partial charge in [0.1, 0.15) is 0 Å². The van der Waals surface area contributed by atoms with Crippen LogP contribution in [0.3, 0.4) is 0 Å². The summed E-state index contributed by atoms with van der Waals surface area (Å²) in [6.07, 6.45) is 6.93. The molecule has 4 aromatic carbocycles. The smallest absolute Gasteiger partial charge is 0.162 e. The average Bonchev–Trinajstić information content (AvgIpc) is 3.00. The van der Waals surface area contributed by atoms with Gasteiger partial charge in [-0.25, -0.2) is 0 Å². The van der Waals surface area contributed by atoms with E-state index in [0.29, 0.717) is 0 Å². The largest absolute Gasteiger partial charge is 0.512 e. The zero-order valence-electron chi connectivity index (χ0n) is 27.4. The maximum absolute atomic E-state index is 11.7. The van der Waals surface area contributed by atoms with Crippen molar-refractivity contribution in [1.82, 2.24) is 9.97 Å². The number of carbonyl (C=O) groups is 1. The molecule has 5 heteroatoms. The number of ketones is 1. The van der Waals surface area contributed by atoms with Gasteiger partial charge in [0, 0.05) is 66.4 Å². The number of pyridine rings is 2. The average molecular weight is 776 g/mol. The first-order valence-corrected chi connectivity index (χ1v) is 16.0. The fourth-order valence-corrected chi connectivity index (χ4v) is 6.58. The van der Waals surface area contributed by atoms with Gasteiger partial charge >= 0.3 is 0 Å². The number of nitrogens with zero attached hydrogens (tertiary/aromatic N) is 2. The van der Waals surface area contributed by atoms with Crippen molar-refractivity contribution in [2.45, 2.75) is 74.1 Å². The van der Waals surface area contributed by atoms with Gasteiger partial charge in [0.25, 0.3) is 0 Å². The number of aliphatic hydroxyl groups is 1. The third-order valence-electron chi connectivity index (χ3n) is 8.93. The van der Waals surface area contributed by atoms with E-state index in [1.165, 1.54) is 49.3 Å². The molecule has 0 unspecified atom stereocenters. The first-order valence-electron chi connectivity index (χ1n) is 16.0. The Bertz CT molecular complexity index is 1960. The van der Waals surface area contributed by atoms with Crippen LogP contribution in [0.5, 0.6) is 0 Å². The number of fused-ring (bicyclic) bond motifs is 2. The van der Waals surface area contributed by atoms with Crippen LogP contribution >= 0.6 is 0 Å². The summed E-state index contributed by atoms with van der Waals surface area (Å²) in [5, 5.41) is 18.5. The van der Waals surface area contributed by atoms with Crippen LogP contribution in [-0.2, 0) is 24.9 Å². The summed E-state index contributed by atoms with van der Waals surface area (Å²) in [6.45, 7) is 14.3. The van der Waals surface area contributed by atoms with Gasteiger partial charge in [-0.15, -0.1) is 34.9 Å². The standard InChI is InChI=1S/C27H19N2.C13H24O2.Ir/c1-15-10-16(2)12-19(11-15)26-27-25-22(13-17(3)29-27)20-8-4-6-18-7-5-9-21(24(18)20)23(25)14-28-26;1-5-10(6-2)12(14)9-13(15)11(7-3)8-4;/h4-11,13-14H,1-3H3;9-11,14H,5-8H2,1-4H3;/q-1;;/b;12-9-;. The zero-order chi connectivity index (χ0) is 31.5. The van der Waals surface area contributed by atoms with Gasteiger partial charge < -0.3 is 10.1 Å². The topological polar surface area (TPSA) is 63.1 Å². The number of aryl methyl sites for hydroxylation is 3. The summed E-state index contributed by atoms with van der Waals surface area (Å²) in [5.74, 6) is 0.547. The molecule has 0 atom stereocenters. The molecule has 2 aromatic heterocycles. The van der Waals surface area contributed by atoms with E-state index in [1.54, 1.807) is 0 Å². The predicted octanol–water partition coefficient (Wildman–Crippen LogP) is 10.8. The fraction of sp³-hybridized carbons (Fsp3) is 0.325. The maximum Gasteiger partial charge on any atom is 0.162 e. The summed E-state index contributed by atoms with van der Waals surface area (Å²) in [5.41, 5.74) is 6.22. The van der Waals surface area contributed by atoms with Gasteiger partial charge in [0.05, 0.1) is 11.3 Å². The first-order chi connectivity index (χ1) is 21.2. The molecule has 6 rings (SSSR count). The second-order valence-corrected chi connectivity index (χ2v) is 12.0. The molecule has 2 heterocycles. The molecule has 0 saturated heterocycles. The van der Waals surface area contributed by atoms with E-state index in [9.17, 15) is 9.90 Å². The molecule has 6 aromatic rings. The zero-order valence-corrected chi connectivity index (χ0v) is 29.8. The Kier molecular flexibility index (Phi) is 11.1. The number of carbonyl (C=O) groups excluding carboxylic acids is 1. The van der Waals surface area contributed by atoms with Gasteiger partial charge in [-0.05, 0) is 65.6 Å². The number of aromatic nitrogens is 2. The number of rotatable bonds is 8. The third-order valence-corrected chi connectivity index (χ3v) is 8.93. The number of hydrogen-bond acceptors (Lipinski definition) is 4. The summed E-state index contributed by atoms with van der Waals surface area (Å²) in [6, 6.07) is 23.1.